The first-order valence-electron chi connectivity index (χ1n) is 7.05. The van der Waals surface area contributed by atoms with Crippen LogP contribution in [0.3, 0.4) is 0 Å². The molecule has 0 unspecified atom stereocenters. The number of rotatable bonds is 7. The maximum absolute atomic E-state index is 5.99. The summed E-state index contributed by atoms with van der Waals surface area (Å²) in [4.78, 5) is 2.25. The molecule has 0 fully saturated rings. The Morgan fingerprint density at radius 1 is 1.14 bits per heavy atom. The van der Waals surface area contributed by atoms with Crippen molar-refractivity contribution in [2.75, 3.05) is 25.9 Å². The molecule has 2 aromatic rings. The summed E-state index contributed by atoms with van der Waals surface area (Å²) in [5.41, 5.74) is 7.74. The molecular weight excluding hydrogens is 284 g/mol. The molecule has 0 radical (unpaired) electrons. The van der Waals surface area contributed by atoms with E-state index in [1.165, 1.54) is 5.56 Å². The van der Waals surface area contributed by atoms with Crippen molar-refractivity contribution in [2.45, 2.75) is 13.0 Å². The van der Waals surface area contributed by atoms with E-state index in [1.807, 2.05) is 42.5 Å². The number of nitrogen functional groups attached to an aromatic ring is 1. The van der Waals surface area contributed by atoms with Gasteiger partial charge < -0.3 is 15.4 Å². The summed E-state index contributed by atoms with van der Waals surface area (Å²) < 4.78 is 5.68. The molecule has 0 aliphatic carbocycles. The fourth-order valence-corrected chi connectivity index (χ4v) is 2.37. The standard InChI is InChI=1S/C17H21ClN2O/c1-20(13-14-6-4-7-15(18)12-14)10-5-11-21-17-9-3-2-8-16(17)19/h2-4,6-9,12H,5,10-11,13,19H2,1H3. The van der Waals surface area contributed by atoms with Crippen molar-refractivity contribution in [1.29, 1.82) is 0 Å². The molecule has 2 aromatic carbocycles. The minimum Gasteiger partial charge on any atom is -0.491 e. The zero-order chi connectivity index (χ0) is 15.1. The van der Waals surface area contributed by atoms with Gasteiger partial charge in [-0.2, -0.15) is 0 Å². The summed E-state index contributed by atoms with van der Waals surface area (Å²) in [5.74, 6) is 0.759. The zero-order valence-electron chi connectivity index (χ0n) is 12.3. The third-order valence-electron chi connectivity index (χ3n) is 3.20. The van der Waals surface area contributed by atoms with E-state index in [1.54, 1.807) is 0 Å². The molecule has 4 heteroatoms. The second-order valence-corrected chi connectivity index (χ2v) is 5.54. The van der Waals surface area contributed by atoms with E-state index in [0.717, 1.165) is 30.3 Å². The molecule has 112 valence electrons. The van der Waals surface area contributed by atoms with Crippen LogP contribution < -0.4 is 10.5 Å². The molecule has 0 spiro atoms. The Hall–Kier alpha value is -1.71. The molecule has 0 atom stereocenters. The van der Waals surface area contributed by atoms with Crippen LogP contribution in [0.25, 0.3) is 0 Å². The lowest BCUT2D eigenvalue weighted by Gasteiger charge is -2.17. The molecule has 0 saturated carbocycles. The molecule has 2 rings (SSSR count). The molecule has 0 aliphatic rings. The number of hydrogen-bond donors (Lipinski definition) is 1. The normalized spacial score (nSPS) is 10.8. The molecule has 2 N–H and O–H groups in total. The zero-order valence-corrected chi connectivity index (χ0v) is 13.0. The number of nitrogens with zero attached hydrogens (tertiary/aromatic N) is 1. The van der Waals surface area contributed by atoms with Crippen LogP contribution in [0.4, 0.5) is 5.69 Å². The topological polar surface area (TPSA) is 38.5 Å². The number of ether oxygens (including phenoxy) is 1. The number of benzene rings is 2. The minimum atomic E-state index is 0.661. The first kappa shape index (κ1) is 15.7. The van der Waals surface area contributed by atoms with Gasteiger partial charge >= 0.3 is 0 Å². The van der Waals surface area contributed by atoms with Crippen LogP contribution in [0.2, 0.25) is 5.02 Å². The maximum atomic E-state index is 5.99. The lowest BCUT2D eigenvalue weighted by atomic mass is 10.2. The van der Waals surface area contributed by atoms with Crippen molar-refractivity contribution in [1.82, 2.24) is 4.90 Å². The van der Waals surface area contributed by atoms with E-state index in [-0.39, 0.29) is 0 Å². The summed E-state index contributed by atoms with van der Waals surface area (Å²) in [6.07, 6.45) is 0.950. The maximum Gasteiger partial charge on any atom is 0.142 e. The third kappa shape index (κ3) is 5.29. The molecule has 0 amide bonds. The van der Waals surface area contributed by atoms with Gasteiger partial charge in [-0.15, -0.1) is 0 Å². The molecule has 0 bridgehead atoms. The predicted octanol–water partition coefficient (Wildman–Crippen LogP) is 3.82. The largest absolute Gasteiger partial charge is 0.491 e. The van der Waals surface area contributed by atoms with Gasteiger partial charge in [-0.1, -0.05) is 35.9 Å². The predicted molar refractivity (Wildman–Crippen MR) is 88.8 cm³/mol. The quantitative estimate of drug-likeness (QED) is 0.624. The smallest absolute Gasteiger partial charge is 0.142 e. The molecule has 0 saturated heterocycles. The molecule has 3 nitrogen and oxygen atoms in total. The summed E-state index contributed by atoms with van der Waals surface area (Å²) >= 11 is 5.99. The fourth-order valence-electron chi connectivity index (χ4n) is 2.15. The van der Waals surface area contributed by atoms with Crippen LogP contribution in [-0.2, 0) is 6.54 Å². The highest BCUT2D eigenvalue weighted by molar-refractivity contribution is 6.30. The number of halogens is 1. The molecule has 21 heavy (non-hydrogen) atoms. The van der Waals surface area contributed by atoms with Gasteiger partial charge in [0.05, 0.1) is 12.3 Å². The Bertz CT molecular complexity index is 574. The first-order valence-corrected chi connectivity index (χ1v) is 7.43. The van der Waals surface area contributed by atoms with Crippen molar-refractivity contribution in [2.24, 2.45) is 0 Å². The van der Waals surface area contributed by atoms with Crippen molar-refractivity contribution in [3.63, 3.8) is 0 Å². The lowest BCUT2D eigenvalue weighted by molar-refractivity contribution is 0.259. The average molecular weight is 305 g/mol. The highest BCUT2D eigenvalue weighted by Crippen LogP contribution is 2.19. The Labute approximate surface area is 131 Å². The van der Waals surface area contributed by atoms with Crippen LogP contribution in [0, 0.1) is 0 Å². The van der Waals surface area contributed by atoms with E-state index in [0.29, 0.717) is 12.3 Å². The van der Waals surface area contributed by atoms with Gasteiger partial charge in [0.15, 0.2) is 0 Å². The fraction of sp³-hybridized carbons (Fsp3) is 0.294. The van der Waals surface area contributed by atoms with Crippen LogP contribution in [0.15, 0.2) is 48.5 Å². The monoisotopic (exact) mass is 304 g/mol. The van der Waals surface area contributed by atoms with Gasteiger partial charge in [-0.05, 0) is 43.3 Å². The minimum absolute atomic E-state index is 0.661. The number of anilines is 1. The van der Waals surface area contributed by atoms with Crippen molar-refractivity contribution in [3.05, 3.63) is 59.1 Å². The van der Waals surface area contributed by atoms with Gasteiger partial charge in [0.2, 0.25) is 0 Å². The summed E-state index contributed by atoms with van der Waals surface area (Å²) in [6.45, 7) is 2.50. The Morgan fingerprint density at radius 3 is 2.71 bits per heavy atom. The van der Waals surface area contributed by atoms with Gasteiger partial charge in [0.25, 0.3) is 0 Å². The van der Waals surface area contributed by atoms with Gasteiger partial charge in [-0.3, -0.25) is 0 Å². The lowest BCUT2D eigenvalue weighted by Crippen LogP contribution is -2.20. The molecule has 0 heterocycles. The van der Waals surface area contributed by atoms with Crippen molar-refractivity contribution >= 4 is 17.3 Å². The highest BCUT2D eigenvalue weighted by atomic mass is 35.5. The molecule has 0 aromatic heterocycles. The van der Waals surface area contributed by atoms with Crippen molar-refractivity contribution < 1.29 is 4.74 Å². The van der Waals surface area contributed by atoms with E-state index in [2.05, 4.69) is 18.0 Å². The second kappa shape index (κ2) is 7.91. The van der Waals surface area contributed by atoms with Gasteiger partial charge in [-0.25, -0.2) is 0 Å². The van der Waals surface area contributed by atoms with E-state index >= 15 is 0 Å². The first-order chi connectivity index (χ1) is 10.1. The number of para-hydroxylation sites is 2. The Morgan fingerprint density at radius 2 is 1.95 bits per heavy atom. The highest BCUT2D eigenvalue weighted by Gasteiger charge is 2.02. The summed E-state index contributed by atoms with van der Waals surface area (Å²) in [6, 6.07) is 15.5. The Kier molecular flexibility index (Phi) is 5.90. The van der Waals surface area contributed by atoms with Crippen molar-refractivity contribution in [3.8, 4) is 5.75 Å². The van der Waals surface area contributed by atoms with Crippen LogP contribution in [0.5, 0.6) is 5.75 Å². The van der Waals surface area contributed by atoms with E-state index < -0.39 is 0 Å². The van der Waals surface area contributed by atoms with Gasteiger partial charge in [0.1, 0.15) is 5.75 Å². The van der Waals surface area contributed by atoms with Crippen LogP contribution in [0.1, 0.15) is 12.0 Å². The van der Waals surface area contributed by atoms with Gasteiger partial charge in [0, 0.05) is 18.1 Å². The average Bonchev–Trinajstić information content (AvgIpc) is 2.45. The SMILES string of the molecule is CN(CCCOc1ccccc1N)Cc1cccc(Cl)c1. The molecular formula is C17H21ClN2O. The van der Waals surface area contributed by atoms with Crippen LogP contribution >= 0.6 is 11.6 Å². The summed E-state index contributed by atoms with van der Waals surface area (Å²) in [7, 11) is 2.10. The van der Waals surface area contributed by atoms with Crippen LogP contribution in [-0.4, -0.2) is 25.1 Å². The second-order valence-electron chi connectivity index (χ2n) is 5.11. The molecule has 0 aliphatic heterocycles. The number of nitrogens with two attached hydrogens (primary N) is 1. The van der Waals surface area contributed by atoms with E-state index in [4.69, 9.17) is 22.1 Å². The Balaban J connectivity index is 1.70. The number of hydrogen-bond acceptors (Lipinski definition) is 3. The third-order valence-corrected chi connectivity index (χ3v) is 3.44. The van der Waals surface area contributed by atoms with E-state index in [9.17, 15) is 0 Å². The summed E-state index contributed by atoms with van der Waals surface area (Å²) in [5, 5.41) is 0.781.